The number of piperazine rings is 1. The average molecular weight is 300 g/mol. The van der Waals surface area contributed by atoms with Crippen LogP contribution >= 0.6 is 11.8 Å². The van der Waals surface area contributed by atoms with Gasteiger partial charge in [0.2, 0.25) is 11.8 Å². The van der Waals surface area contributed by atoms with Crippen LogP contribution in [0, 0.1) is 5.92 Å². The van der Waals surface area contributed by atoms with Gasteiger partial charge >= 0.3 is 0 Å². The molecule has 0 aromatic rings. The van der Waals surface area contributed by atoms with Gasteiger partial charge in [0.05, 0.1) is 0 Å². The topological polar surface area (TPSA) is 49.4 Å². The van der Waals surface area contributed by atoms with Crippen molar-refractivity contribution in [3.05, 3.63) is 0 Å². The second kappa shape index (κ2) is 8.55. The predicted molar refractivity (Wildman–Crippen MR) is 84.8 cm³/mol. The number of rotatable bonds is 8. The predicted octanol–water partition coefficient (Wildman–Crippen LogP) is 2.28. The van der Waals surface area contributed by atoms with Gasteiger partial charge in [0.25, 0.3) is 0 Å². The minimum Gasteiger partial charge on any atom is -0.342 e. The number of thioether (sulfide) groups is 1. The van der Waals surface area contributed by atoms with Crippen LogP contribution in [0.2, 0.25) is 0 Å². The van der Waals surface area contributed by atoms with Crippen molar-refractivity contribution in [2.45, 2.75) is 59.0 Å². The Bertz CT molecular complexity index is 336. The Morgan fingerprint density at radius 1 is 1.30 bits per heavy atom. The molecule has 0 spiro atoms. The van der Waals surface area contributed by atoms with Gasteiger partial charge in [-0.2, -0.15) is 11.8 Å². The van der Waals surface area contributed by atoms with E-state index in [-0.39, 0.29) is 29.8 Å². The van der Waals surface area contributed by atoms with Crippen LogP contribution in [0.25, 0.3) is 0 Å². The summed E-state index contributed by atoms with van der Waals surface area (Å²) < 4.78 is 0. The molecule has 5 heteroatoms. The average Bonchev–Trinajstić information content (AvgIpc) is 2.45. The van der Waals surface area contributed by atoms with E-state index in [1.54, 1.807) is 0 Å². The minimum atomic E-state index is -0.339. The van der Waals surface area contributed by atoms with Gasteiger partial charge in [0.1, 0.15) is 12.1 Å². The smallest absolute Gasteiger partial charge is 0.246 e. The summed E-state index contributed by atoms with van der Waals surface area (Å²) in [7, 11) is 0. The maximum absolute atomic E-state index is 12.6. The Kier molecular flexibility index (Phi) is 7.41. The molecule has 1 heterocycles. The van der Waals surface area contributed by atoms with E-state index in [4.69, 9.17) is 0 Å². The van der Waals surface area contributed by atoms with Crippen molar-refractivity contribution >= 4 is 23.6 Å². The van der Waals surface area contributed by atoms with Crippen molar-refractivity contribution in [2.24, 2.45) is 5.92 Å². The molecule has 3 unspecified atom stereocenters. The van der Waals surface area contributed by atoms with Gasteiger partial charge in [-0.15, -0.1) is 0 Å². The van der Waals surface area contributed by atoms with Crippen LogP contribution in [0.15, 0.2) is 0 Å². The third-order valence-electron chi connectivity index (χ3n) is 4.02. The van der Waals surface area contributed by atoms with Gasteiger partial charge in [-0.05, 0) is 30.3 Å². The highest BCUT2D eigenvalue weighted by atomic mass is 32.2. The van der Waals surface area contributed by atoms with Gasteiger partial charge < -0.3 is 10.2 Å². The molecule has 0 aliphatic carbocycles. The van der Waals surface area contributed by atoms with Crippen LogP contribution in [0.1, 0.15) is 47.0 Å². The molecule has 1 fully saturated rings. The van der Waals surface area contributed by atoms with E-state index in [2.05, 4.69) is 19.2 Å². The molecule has 0 saturated carbocycles. The lowest BCUT2D eigenvalue weighted by molar-refractivity contribution is -0.151. The molecule has 4 nitrogen and oxygen atoms in total. The van der Waals surface area contributed by atoms with Crippen molar-refractivity contribution in [1.29, 1.82) is 0 Å². The standard InChI is InChI=1S/C15H28N2O2S/c1-5-11(4)13-15(19)17(9-8-10-20-7-3)12(6-2)14(18)16-13/h11-13H,5-10H2,1-4H3,(H,16,18). The number of hydrogen-bond donors (Lipinski definition) is 1. The fraction of sp³-hybridized carbons (Fsp3) is 0.867. The van der Waals surface area contributed by atoms with Crippen LogP contribution in [0.5, 0.6) is 0 Å². The number of amides is 2. The van der Waals surface area contributed by atoms with Crippen LogP contribution in [-0.2, 0) is 9.59 Å². The molecule has 1 N–H and O–H groups in total. The Labute approximate surface area is 127 Å². The second-order valence-corrected chi connectivity index (χ2v) is 6.77. The molecule has 3 atom stereocenters. The second-order valence-electron chi connectivity index (χ2n) is 5.38. The summed E-state index contributed by atoms with van der Waals surface area (Å²) >= 11 is 1.88. The monoisotopic (exact) mass is 300 g/mol. The van der Waals surface area contributed by atoms with E-state index in [1.807, 2.05) is 30.5 Å². The first-order valence-corrected chi connectivity index (χ1v) is 8.90. The largest absolute Gasteiger partial charge is 0.342 e. The molecule has 0 aromatic heterocycles. The lowest BCUT2D eigenvalue weighted by Gasteiger charge is -2.40. The molecular formula is C15H28N2O2S. The first kappa shape index (κ1) is 17.3. The molecule has 2 amide bonds. The highest BCUT2D eigenvalue weighted by molar-refractivity contribution is 7.99. The molecule has 20 heavy (non-hydrogen) atoms. The van der Waals surface area contributed by atoms with Crippen molar-refractivity contribution in [2.75, 3.05) is 18.1 Å². The van der Waals surface area contributed by atoms with Crippen molar-refractivity contribution in [3.63, 3.8) is 0 Å². The lowest BCUT2D eigenvalue weighted by atomic mass is 9.93. The van der Waals surface area contributed by atoms with E-state index in [1.165, 1.54) is 0 Å². The maximum atomic E-state index is 12.6. The highest BCUT2D eigenvalue weighted by Crippen LogP contribution is 2.20. The summed E-state index contributed by atoms with van der Waals surface area (Å²) in [4.78, 5) is 26.6. The minimum absolute atomic E-state index is 0.0144. The van der Waals surface area contributed by atoms with Crippen molar-refractivity contribution in [1.82, 2.24) is 10.2 Å². The third kappa shape index (κ3) is 4.14. The molecule has 1 saturated heterocycles. The van der Waals surface area contributed by atoms with Gasteiger partial charge in [0.15, 0.2) is 0 Å². The third-order valence-corrected chi connectivity index (χ3v) is 5.00. The number of carbonyl (C=O) groups is 2. The van der Waals surface area contributed by atoms with Gasteiger partial charge in [-0.25, -0.2) is 0 Å². The summed E-state index contributed by atoms with van der Waals surface area (Å²) in [5.41, 5.74) is 0. The molecule has 0 radical (unpaired) electrons. The van der Waals surface area contributed by atoms with Crippen LogP contribution in [-0.4, -0.2) is 46.8 Å². The zero-order valence-electron chi connectivity index (χ0n) is 13.1. The summed E-state index contributed by atoms with van der Waals surface area (Å²) in [5.74, 6) is 2.46. The van der Waals surface area contributed by atoms with Gasteiger partial charge in [-0.1, -0.05) is 34.1 Å². The van der Waals surface area contributed by atoms with Crippen LogP contribution in [0.3, 0.4) is 0 Å². The lowest BCUT2D eigenvalue weighted by Crippen LogP contribution is -2.64. The zero-order valence-corrected chi connectivity index (χ0v) is 14.0. The molecule has 1 aliphatic rings. The summed E-state index contributed by atoms with van der Waals surface area (Å²) in [6.07, 6.45) is 2.54. The van der Waals surface area contributed by atoms with E-state index in [0.717, 1.165) is 24.3 Å². The van der Waals surface area contributed by atoms with Crippen LogP contribution < -0.4 is 5.32 Å². The van der Waals surface area contributed by atoms with Crippen molar-refractivity contribution in [3.8, 4) is 0 Å². The first-order valence-electron chi connectivity index (χ1n) is 7.75. The quantitative estimate of drug-likeness (QED) is 0.700. The Hall–Kier alpha value is -0.710. The number of nitrogens with zero attached hydrogens (tertiary/aromatic N) is 1. The zero-order chi connectivity index (χ0) is 15.1. The maximum Gasteiger partial charge on any atom is 0.246 e. The summed E-state index contributed by atoms with van der Waals surface area (Å²) in [6.45, 7) is 8.88. The molecule has 0 bridgehead atoms. The molecule has 1 rings (SSSR count). The fourth-order valence-electron chi connectivity index (χ4n) is 2.56. The number of hydrogen-bond acceptors (Lipinski definition) is 3. The van der Waals surface area contributed by atoms with E-state index >= 15 is 0 Å². The normalized spacial score (nSPS) is 24.7. The molecule has 116 valence electrons. The Balaban J connectivity index is 2.73. The van der Waals surface area contributed by atoms with Gasteiger partial charge in [-0.3, -0.25) is 9.59 Å². The summed E-state index contributed by atoms with van der Waals surface area (Å²) in [6, 6.07) is -0.622. The van der Waals surface area contributed by atoms with Crippen LogP contribution in [0.4, 0.5) is 0 Å². The molecule has 0 aromatic carbocycles. The van der Waals surface area contributed by atoms with Gasteiger partial charge in [0, 0.05) is 6.54 Å². The van der Waals surface area contributed by atoms with E-state index < -0.39 is 0 Å². The van der Waals surface area contributed by atoms with E-state index in [9.17, 15) is 9.59 Å². The number of nitrogens with one attached hydrogen (secondary N) is 1. The highest BCUT2D eigenvalue weighted by Gasteiger charge is 2.40. The molecular weight excluding hydrogens is 272 g/mol. The fourth-order valence-corrected chi connectivity index (χ4v) is 3.18. The summed E-state index contributed by atoms with van der Waals surface area (Å²) in [5, 5.41) is 2.91. The number of carbonyl (C=O) groups excluding carboxylic acids is 2. The van der Waals surface area contributed by atoms with Crippen molar-refractivity contribution < 1.29 is 9.59 Å². The molecule has 1 aliphatic heterocycles. The SMILES string of the molecule is CCSCCCN1C(=O)C(C(C)CC)NC(=O)C1CC. The Morgan fingerprint density at radius 3 is 2.55 bits per heavy atom. The Morgan fingerprint density at radius 2 is 2.00 bits per heavy atom. The van der Waals surface area contributed by atoms with E-state index in [0.29, 0.717) is 13.0 Å². The first-order chi connectivity index (χ1) is 9.56.